The quantitative estimate of drug-likeness (QED) is 0.620. The average molecular weight is 202 g/mol. The van der Waals surface area contributed by atoms with Gasteiger partial charge >= 0.3 is 0 Å². The van der Waals surface area contributed by atoms with E-state index in [0.717, 1.165) is 10.9 Å². The molecule has 0 spiro atoms. The van der Waals surface area contributed by atoms with Crippen molar-refractivity contribution >= 4 is 16.6 Å². The molecule has 0 fully saturated rings. The van der Waals surface area contributed by atoms with Crippen LogP contribution in [0.4, 0.5) is 10.1 Å². The van der Waals surface area contributed by atoms with Gasteiger partial charge in [-0.1, -0.05) is 0 Å². The molecule has 2 aromatic rings. The molecule has 1 heterocycles. The van der Waals surface area contributed by atoms with E-state index in [1.807, 2.05) is 30.7 Å². The van der Waals surface area contributed by atoms with E-state index in [4.69, 9.17) is 6.57 Å². The molecule has 0 aliphatic heterocycles. The first-order chi connectivity index (χ1) is 7.13. The molecule has 0 aliphatic carbocycles. The molecule has 0 N–H and O–H groups in total. The van der Waals surface area contributed by atoms with E-state index < -0.39 is 0 Å². The molecule has 0 unspecified atom stereocenters. The zero-order chi connectivity index (χ0) is 11.0. The summed E-state index contributed by atoms with van der Waals surface area (Å²) in [5.74, 6) is -0.352. The molecule has 3 heteroatoms. The van der Waals surface area contributed by atoms with Gasteiger partial charge in [0.25, 0.3) is 0 Å². The normalized spacial score (nSPS) is 10.9. The van der Waals surface area contributed by atoms with Gasteiger partial charge in [0.15, 0.2) is 0 Å². The summed E-state index contributed by atoms with van der Waals surface area (Å²) in [6.45, 7) is 11.1. The molecule has 2 nitrogen and oxygen atoms in total. The van der Waals surface area contributed by atoms with Crippen LogP contribution in [0.1, 0.15) is 19.9 Å². The van der Waals surface area contributed by atoms with Crippen LogP contribution in [0, 0.1) is 12.4 Å². The van der Waals surface area contributed by atoms with Crippen LogP contribution >= 0.6 is 0 Å². The Balaban J connectivity index is 2.85. The van der Waals surface area contributed by atoms with Crippen LogP contribution in [0.15, 0.2) is 24.4 Å². The van der Waals surface area contributed by atoms with Crippen molar-refractivity contribution < 1.29 is 4.39 Å². The van der Waals surface area contributed by atoms with Crippen LogP contribution < -0.4 is 0 Å². The molecule has 0 saturated carbocycles. The molecule has 0 atom stereocenters. The van der Waals surface area contributed by atoms with E-state index in [-0.39, 0.29) is 11.9 Å². The highest BCUT2D eigenvalue weighted by atomic mass is 19.1. The molecule has 76 valence electrons. The Hall–Kier alpha value is -1.82. The van der Waals surface area contributed by atoms with Crippen LogP contribution in [0.3, 0.4) is 0 Å². The van der Waals surface area contributed by atoms with Gasteiger partial charge in [-0.25, -0.2) is 9.24 Å². The van der Waals surface area contributed by atoms with Crippen molar-refractivity contribution in [3.63, 3.8) is 0 Å². The van der Waals surface area contributed by atoms with E-state index in [1.54, 1.807) is 0 Å². The summed E-state index contributed by atoms with van der Waals surface area (Å²) < 4.78 is 15.1. The fourth-order valence-corrected chi connectivity index (χ4v) is 1.76. The first kappa shape index (κ1) is 9.72. The van der Waals surface area contributed by atoms with E-state index in [1.165, 1.54) is 12.1 Å². The van der Waals surface area contributed by atoms with E-state index in [2.05, 4.69) is 4.85 Å². The van der Waals surface area contributed by atoms with E-state index in [0.29, 0.717) is 5.69 Å². The smallest absolute Gasteiger partial charge is 0.213 e. The Labute approximate surface area is 87.8 Å². The van der Waals surface area contributed by atoms with Gasteiger partial charge in [-0.3, -0.25) is 0 Å². The molecular weight excluding hydrogens is 191 g/mol. The van der Waals surface area contributed by atoms with Gasteiger partial charge in [-0.2, -0.15) is 0 Å². The number of rotatable bonds is 1. The third-order valence-corrected chi connectivity index (χ3v) is 2.43. The van der Waals surface area contributed by atoms with Crippen molar-refractivity contribution in [2.24, 2.45) is 0 Å². The second kappa shape index (κ2) is 3.39. The van der Waals surface area contributed by atoms with Gasteiger partial charge < -0.3 is 4.57 Å². The molecule has 0 amide bonds. The Morgan fingerprint density at radius 3 is 2.73 bits per heavy atom. The third kappa shape index (κ3) is 1.48. The lowest BCUT2D eigenvalue weighted by Crippen LogP contribution is -1.98. The number of benzene rings is 1. The standard InChI is InChI=1S/C12H11FN2/c1-8(2)15-5-4-9-6-10(13)7-11(14-3)12(9)15/h4-8H,1-2H3. The van der Waals surface area contributed by atoms with Gasteiger partial charge in [-0.05, 0) is 37.4 Å². The van der Waals surface area contributed by atoms with Crippen molar-refractivity contribution in [1.82, 2.24) is 4.57 Å². The summed E-state index contributed by atoms with van der Waals surface area (Å²) >= 11 is 0. The number of fused-ring (bicyclic) bond motifs is 1. The summed E-state index contributed by atoms with van der Waals surface area (Å²) in [7, 11) is 0. The summed E-state index contributed by atoms with van der Waals surface area (Å²) in [4.78, 5) is 3.36. The fourth-order valence-electron chi connectivity index (χ4n) is 1.76. The fraction of sp³-hybridized carbons (Fsp3) is 0.250. The van der Waals surface area contributed by atoms with Gasteiger partial charge in [0.2, 0.25) is 5.69 Å². The van der Waals surface area contributed by atoms with Crippen LogP contribution in [-0.2, 0) is 0 Å². The Kier molecular flexibility index (Phi) is 2.20. The minimum atomic E-state index is -0.352. The molecular formula is C12H11FN2. The first-order valence-corrected chi connectivity index (χ1v) is 4.81. The average Bonchev–Trinajstić information content (AvgIpc) is 2.59. The van der Waals surface area contributed by atoms with E-state index in [9.17, 15) is 4.39 Å². The predicted molar refractivity (Wildman–Crippen MR) is 58.5 cm³/mol. The van der Waals surface area contributed by atoms with Crippen LogP contribution in [-0.4, -0.2) is 4.57 Å². The lowest BCUT2D eigenvalue weighted by Gasteiger charge is -2.10. The van der Waals surface area contributed by atoms with Crippen LogP contribution in [0.2, 0.25) is 0 Å². The lowest BCUT2D eigenvalue weighted by molar-refractivity contribution is 0.620. The summed E-state index contributed by atoms with van der Waals surface area (Å²) in [6, 6.07) is 4.86. The topological polar surface area (TPSA) is 9.29 Å². The zero-order valence-electron chi connectivity index (χ0n) is 8.66. The molecule has 1 aromatic heterocycles. The Bertz CT molecular complexity index is 546. The molecule has 0 saturated heterocycles. The highest BCUT2D eigenvalue weighted by Crippen LogP contribution is 2.30. The minimum absolute atomic E-state index is 0.272. The second-order valence-electron chi connectivity index (χ2n) is 3.79. The summed E-state index contributed by atoms with van der Waals surface area (Å²) in [6.07, 6.45) is 1.89. The van der Waals surface area contributed by atoms with Crippen LogP contribution in [0.25, 0.3) is 15.7 Å². The number of hydrogen-bond donors (Lipinski definition) is 0. The zero-order valence-corrected chi connectivity index (χ0v) is 8.66. The number of hydrogen-bond acceptors (Lipinski definition) is 0. The summed E-state index contributed by atoms with van der Waals surface area (Å²) in [5, 5.41) is 0.787. The number of nitrogens with zero attached hydrogens (tertiary/aromatic N) is 2. The van der Waals surface area contributed by atoms with E-state index >= 15 is 0 Å². The molecule has 2 rings (SSSR count). The highest BCUT2D eigenvalue weighted by Gasteiger charge is 2.10. The molecule has 15 heavy (non-hydrogen) atoms. The molecule has 0 bridgehead atoms. The van der Waals surface area contributed by atoms with Crippen molar-refractivity contribution in [3.05, 3.63) is 41.6 Å². The first-order valence-electron chi connectivity index (χ1n) is 4.81. The minimum Gasteiger partial charge on any atom is -0.354 e. The highest BCUT2D eigenvalue weighted by molar-refractivity contribution is 5.92. The Morgan fingerprint density at radius 2 is 2.13 bits per heavy atom. The van der Waals surface area contributed by atoms with Crippen molar-refractivity contribution in [2.75, 3.05) is 0 Å². The van der Waals surface area contributed by atoms with Crippen molar-refractivity contribution in [1.29, 1.82) is 0 Å². The maximum Gasteiger partial charge on any atom is 0.213 e. The predicted octanol–water partition coefficient (Wildman–Crippen LogP) is 3.91. The van der Waals surface area contributed by atoms with Crippen molar-refractivity contribution in [2.45, 2.75) is 19.9 Å². The maximum absolute atomic E-state index is 13.1. The third-order valence-electron chi connectivity index (χ3n) is 2.43. The van der Waals surface area contributed by atoms with Gasteiger partial charge in [0, 0.05) is 12.2 Å². The maximum atomic E-state index is 13.1. The van der Waals surface area contributed by atoms with Gasteiger partial charge in [-0.15, -0.1) is 0 Å². The largest absolute Gasteiger partial charge is 0.354 e. The SMILES string of the molecule is [C-]#[N+]c1cc(F)cc2ccn(C(C)C)c12. The van der Waals surface area contributed by atoms with Crippen molar-refractivity contribution in [3.8, 4) is 0 Å². The number of halogens is 1. The second-order valence-corrected chi connectivity index (χ2v) is 3.79. The van der Waals surface area contributed by atoms with Gasteiger partial charge in [0.05, 0.1) is 12.1 Å². The Morgan fingerprint density at radius 1 is 1.40 bits per heavy atom. The molecule has 1 aromatic carbocycles. The van der Waals surface area contributed by atoms with Crippen LogP contribution in [0.5, 0.6) is 0 Å². The summed E-state index contributed by atoms with van der Waals surface area (Å²) in [5.41, 5.74) is 1.20. The monoisotopic (exact) mass is 202 g/mol. The molecule has 0 radical (unpaired) electrons. The molecule has 0 aliphatic rings. The number of aromatic nitrogens is 1. The lowest BCUT2D eigenvalue weighted by atomic mass is 10.2. The van der Waals surface area contributed by atoms with Gasteiger partial charge in [0.1, 0.15) is 5.82 Å².